The van der Waals surface area contributed by atoms with Crippen LogP contribution in [0.2, 0.25) is 0 Å². The Kier molecular flexibility index (Phi) is 5.35. The molecule has 11 heteroatoms. The van der Waals surface area contributed by atoms with Crippen molar-refractivity contribution in [1.82, 2.24) is 9.88 Å². The number of aromatic nitrogens is 1. The molecular formula is C12H9F6N3O2. The van der Waals surface area contributed by atoms with Crippen molar-refractivity contribution in [3.63, 3.8) is 0 Å². The van der Waals surface area contributed by atoms with Crippen LogP contribution in [0.1, 0.15) is 6.92 Å². The number of amides is 2. The molecule has 0 aliphatic carbocycles. The Labute approximate surface area is 125 Å². The molecule has 0 saturated carbocycles. The number of nitrogens with one attached hydrogen (secondary N) is 1. The molecule has 0 bridgehead atoms. The van der Waals surface area contributed by atoms with Gasteiger partial charge in [-0.1, -0.05) is 0 Å². The molecule has 1 aromatic rings. The number of urea groups is 1. The van der Waals surface area contributed by atoms with Crippen LogP contribution in [0.5, 0.6) is 0 Å². The normalized spacial score (nSPS) is 12.1. The first-order valence-corrected chi connectivity index (χ1v) is 5.79. The molecule has 23 heavy (non-hydrogen) atoms. The Bertz CT molecular complexity index is 671. The van der Waals surface area contributed by atoms with E-state index < -0.39 is 47.1 Å². The van der Waals surface area contributed by atoms with Gasteiger partial charge in [-0.05, 0) is 6.92 Å². The van der Waals surface area contributed by atoms with E-state index in [1.54, 1.807) is 5.32 Å². The SMILES string of the molecule is CC(=O)/C=C(\N(C)C(=O)Nc1nc(F)c(F)cc1F)C(F)(F)F. The lowest BCUT2D eigenvalue weighted by atomic mass is 10.3. The molecule has 0 spiro atoms. The summed E-state index contributed by atoms with van der Waals surface area (Å²) in [6.07, 6.45) is -4.91. The number of pyridine rings is 1. The van der Waals surface area contributed by atoms with Crippen LogP contribution in [0.4, 0.5) is 37.0 Å². The summed E-state index contributed by atoms with van der Waals surface area (Å²) in [5, 5.41) is 1.55. The number of hydrogen-bond acceptors (Lipinski definition) is 3. The average Bonchev–Trinajstić information content (AvgIpc) is 2.39. The smallest absolute Gasteiger partial charge is 0.295 e. The zero-order chi connectivity index (χ0) is 17.9. The van der Waals surface area contributed by atoms with E-state index in [1.165, 1.54) is 0 Å². The Hall–Kier alpha value is -2.59. The molecule has 0 radical (unpaired) electrons. The number of anilines is 1. The number of allylic oxidation sites excluding steroid dienone is 2. The van der Waals surface area contributed by atoms with Crippen LogP contribution in [0.25, 0.3) is 0 Å². The summed E-state index contributed by atoms with van der Waals surface area (Å²) in [6.45, 7) is 0.827. The summed E-state index contributed by atoms with van der Waals surface area (Å²) in [4.78, 5) is 25.2. The van der Waals surface area contributed by atoms with Gasteiger partial charge in [-0.25, -0.2) is 13.6 Å². The molecule has 2 amide bonds. The fourth-order valence-corrected chi connectivity index (χ4v) is 1.39. The standard InChI is InChI=1S/C12H9F6N3O2/c1-5(22)3-8(12(16,17)18)21(2)11(23)20-10-7(14)4-6(13)9(15)19-10/h3-4H,1-2H3,(H,19,20,23)/b8-3-. The Morgan fingerprint density at radius 1 is 1.22 bits per heavy atom. The predicted octanol–water partition coefficient (Wildman–Crippen LogP) is 3.00. The number of hydrogen-bond donors (Lipinski definition) is 1. The molecule has 0 fully saturated rings. The van der Waals surface area contributed by atoms with Gasteiger partial charge < -0.3 is 0 Å². The molecule has 0 atom stereocenters. The van der Waals surface area contributed by atoms with Crippen molar-refractivity contribution in [1.29, 1.82) is 0 Å². The summed E-state index contributed by atoms with van der Waals surface area (Å²) in [5.41, 5.74) is -1.63. The summed E-state index contributed by atoms with van der Waals surface area (Å²) in [7, 11) is 0.648. The third-order valence-electron chi connectivity index (χ3n) is 2.41. The molecule has 0 aliphatic heterocycles. The molecule has 1 N–H and O–H groups in total. The maximum Gasteiger partial charge on any atom is 0.431 e. The van der Waals surface area contributed by atoms with Crippen LogP contribution in [0.15, 0.2) is 17.8 Å². The fourth-order valence-electron chi connectivity index (χ4n) is 1.39. The van der Waals surface area contributed by atoms with Crippen LogP contribution in [0.3, 0.4) is 0 Å². The second-order valence-electron chi connectivity index (χ2n) is 4.22. The van der Waals surface area contributed by atoms with Crippen molar-refractivity contribution >= 4 is 17.6 Å². The van der Waals surface area contributed by atoms with Crippen molar-refractivity contribution in [3.8, 4) is 0 Å². The molecule has 1 rings (SSSR count). The zero-order valence-electron chi connectivity index (χ0n) is 11.6. The van der Waals surface area contributed by atoms with E-state index in [0.29, 0.717) is 7.05 Å². The van der Waals surface area contributed by atoms with Crippen LogP contribution < -0.4 is 5.32 Å². The minimum Gasteiger partial charge on any atom is -0.295 e. The minimum absolute atomic E-state index is 0.0379. The third-order valence-corrected chi connectivity index (χ3v) is 2.41. The fraction of sp³-hybridized carbons (Fsp3) is 0.250. The molecule has 0 aromatic carbocycles. The molecule has 0 unspecified atom stereocenters. The van der Waals surface area contributed by atoms with E-state index in [9.17, 15) is 35.9 Å². The number of rotatable bonds is 3. The molecule has 0 saturated heterocycles. The summed E-state index contributed by atoms with van der Waals surface area (Å²) in [5.74, 6) is -6.98. The van der Waals surface area contributed by atoms with Gasteiger partial charge in [0.25, 0.3) is 5.95 Å². The van der Waals surface area contributed by atoms with E-state index in [0.717, 1.165) is 6.92 Å². The molecule has 126 valence electrons. The van der Waals surface area contributed by atoms with Crippen molar-refractivity contribution in [2.45, 2.75) is 13.1 Å². The highest BCUT2D eigenvalue weighted by molar-refractivity contribution is 5.92. The quantitative estimate of drug-likeness (QED) is 0.522. The Morgan fingerprint density at radius 2 is 1.78 bits per heavy atom. The number of halogens is 6. The highest BCUT2D eigenvalue weighted by Gasteiger charge is 2.39. The molecule has 1 heterocycles. The predicted molar refractivity (Wildman–Crippen MR) is 65.7 cm³/mol. The van der Waals surface area contributed by atoms with Gasteiger partial charge in [-0.2, -0.15) is 22.5 Å². The van der Waals surface area contributed by atoms with E-state index in [1.807, 2.05) is 0 Å². The van der Waals surface area contributed by atoms with Gasteiger partial charge in [0, 0.05) is 19.2 Å². The van der Waals surface area contributed by atoms with Gasteiger partial charge in [0.05, 0.1) is 0 Å². The molecule has 5 nitrogen and oxygen atoms in total. The van der Waals surface area contributed by atoms with Crippen molar-refractivity contribution in [3.05, 3.63) is 35.4 Å². The topological polar surface area (TPSA) is 62.3 Å². The summed E-state index contributed by atoms with van der Waals surface area (Å²) < 4.78 is 77.2. The molecular weight excluding hydrogens is 332 g/mol. The lowest BCUT2D eigenvalue weighted by Gasteiger charge is -2.22. The van der Waals surface area contributed by atoms with Gasteiger partial charge >= 0.3 is 12.2 Å². The largest absolute Gasteiger partial charge is 0.431 e. The second kappa shape index (κ2) is 6.67. The minimum atomic E-state index is -5.06. The van der Waals surface area contributed by atoms with Gasteiger partial charge in [0.2, 0.25) is 0 Å². The third kappa shape index (κ3) is 4.69. The monoisotopic (exact) mass is 341 g/mol. The number of nitrogens with zero attached hydrogens (tertiary/aromatic N) is 2. The van der Waals surface area contributed by atoms with Gasteiger partial charge in [0.1, 0.15) is 5.70 Å². The number of carbonyl (C=O) groups excluding carboxylic acids is 2. The Balaban J connectivity index is 3.09. The van der Waals surface area contributed by atoms with Crippen LogP contribution in [-0.4, -0.2) is 34.9 Å². The van der Waals surface area contributed by atoms with E-state index >= 15 is 0 Å². The van der Waals surface area contributed by atoms with Crippen molar-refractivity contribution in [2.75, 3.05) is 12.4 Å². The van der Waals surface area contributed by atoms with Crippen LogP contribution in [0, 0.1) is 17.6 Å². The van der Waals surface area contributed by atoms with Crippen LogP contribution >= 0.6 is 0 Å². The first-order chi connectivity index (χ1) is 10.4. The van der Waals surface area contributed by atoms with Crippen molar-refractivity contribution in [2.24, 2.45) is 0 Å². The van der Waals surface area contributed by atoms with E-state index in [2.05, 4.69) is 4.98 Å². The van der Waals surface area contributed by atoms with Gasteiger partial charge in [-0.3, -0.25) is 15.0 Å². The first-order valence-electron chi connectivity index (χ1n) is 5.79. The van der Waals surface area contributed by atoms with E-state index in [-0.39, 0.29) is 17.0 Å². The molecule has 0 aliphatic rings. The lowest BCUT2D eigenvalue weighted by molar-refractivity contribution is -0.116. The average molecular weight is 341 g/mol. The Morgan fingerprint density at radius 3 is 2.26 bits per heavy atom. The first kappa shape index (κ1) is 18.5. The molecule has 1 aromatic heterocycles. The maximum atomic E-state index is 13.3. The van der Waals surface area contributed by atoms with Crippen molar-refractivity contribution < 1.29 is 35.9 Å². The number of ketones is 1. The highest BCUT2D eigenvalue weighted by Crippen LogP contribution is 2.28. The summed E-state index contributed by atoms with van der Waals surface area (Å²) >= 11 is 0. The van der Waals surface area contributed by atoms with E-state index in [4.69, 9.17) is 0 Å². The van der Waals surface area contributed by atoms with Gasteiger partial charge in [0.15, 0.2) is 23.2 Å². The maximum absolute atomic E-state index is 13.3. The number of alkyl halides is 3. The van der Waals surface area contributed by atoms with Crippen LogP contribution in [-0.2, 0) is 4.79 Å². The zero-order valence-corrected chi connectivity index (χ0v) is 11.6. The lowest BCUT2D eigenvalue weighted by Crippen LogP contribution is -2.37. The highest BCUT2D eigenvalue weighted by atomic mass is 19.4. The number of carbonyl (C=O) groups is 2. The van der Waals surface area contributed by atoms with Gasteiger partial charge in [-0.15, -0.1) is 0 Å². The second-order valence-corrected chi connectivity index (χ2v) is 4.22. The summed E-state index contributed by atoms with van der Waals surface area (Å²) in [6, 6.07) is -1.50.